The van der Waals surface area contributed by atoms with Crippen molar-refractivity contribution in [1.29, 1.82) is 0 Å². The summed E-state index contributed by atoms with van der Waals surface area (Å²) < 4.78 is 5.80. The molecule has 2 heterocycles. The van der Waals surface area contributed by atoms with Crippen LogP contribution < -0.4 is 9.64 Å². The molecular formula is C18H22N2O3. The maximum atomic E-state index is 11.1. The standard InChI is InChI=1S/C18H22N2O3/c1-2-12-23-16-5-3-4-14-15(6-9-19-17(14)16)20-10-7-13(8-11-20)18(21)22/h3-6,9,13H,2,7-8,10-12H2,1H3,(H,21,22). The monoisotopic (exact) mass is 314 g/mol. The van der Waals surface area contributed by atoms with E-state index in [9.17, 15) is 4.79 Å². The Bertz CT molecular complexity index is 694. The van der Waals surface area contributed by atoms with Gasteiger partial charge in [-0.15, -0.1) is 0 Å². The molecule has 5 heteroatoms. The van der Waals surface area contributed by atoms with Crippen molar-refractivity contribution in [2.75, 3.05) is 24.6 Å². The molecule has 2 aromatic rings. The molecule has 1 aliphatic rings. The Kier molecular flexibility index (Phi) is 4.65. The first kappa shape index (κ1) is 15.6. The second kappa shape index (κ2) is 6.86. The molecule has 5 nitrogen and oxygen atoms in total. The molecule has 1 fully saturated rings. The number of carboxylic acid groups (broad SMARTS) is 1. The van der Waals surface area contributed by atoms with Gasteiger partial charge in [-0.1, -0.05) is 19.1 Å². The number of hydrogen-bond acceptors (Lipinski definition) is 4. The molecule has 1 aromatic carbocycles. The van der Waals surface area contributed by atoms with Gasteiger partial charge in [0.25, 0.3) is 0 Å². The molecule has 0 spiro atoms. The highest BCUT2D eigenvalue weighted by Crippen LogP contribution is 2.33. The summed E-state index contributed by atoms with van der Waals surface area (Å²) in [5.74, 6) is -0.0890. The van der Waals surface area contributed by atoms with E-state index in [1.165, 1.54) is 0 Å². The molecule has 1 saturated heterocycles. The third kappa shape index (κ3) is 3.23. The van der Waals surface area contributed by atoms with Crippen LogP contribution in [0.25, 0.3) is 10.9 Å². The van der Waals surface area contributed by atoms with Gasteiger partial charge >= 0.3 is 5.97 Å². The molecule has 0 saturated carbocycles. The van der Waals surface area contributed by atoms with Crippen molar-refractivity contribution >= 4 is 22.6 Å². The summed E-state index contributed by atoms with van der Waals surface area (Å²) in [6.45, 7) is 4.28. The normalized spacial score (nSPS) is 15.8. The van der Waals surface area contributed by atoms with Crippen LogP contribution >= 0.6 is 0 Å². The van der Waals surface area contributed by atoms with Gasteiger partial charge in [0.1, 0.15) is 11.3 Å². The van der Waals surface area contributed by atoms with Crippen molar-refractivity contribution in [3.05, 3.63) is 30.5 Å². The minimum atomic E-state index is -0.681. The van der Waals surface area contributed by atoms with Crippen LogP contribution in [0, 0.1) is 5.92 Å². The maximum absolute atomic E-state index is 11.1. The van der Waals surface area contributed by atoms with Crippen LogP contribution in [0.1, 0.15) is 26.2 Å². The van der Waals surface area contributed by atoms with E-state index in [4.69, 9.17) is 9.84 Å². The minimum absolute atomic E-state index is 0.220. The second-order valence-corrected chi connectivity index (χ2v) is 5.93. The number of fused-ring (bicyclic) bond motifs is 1. The number of aromatic nitrogens is 1. The fourth-order valence-electron chi connectivity index (χ4n) is 3.11. The summed E-state index contributed by atoms with van der Waals surface area (Å²) in [7, 11) is 0. The van der Waals surface area contributed by atoms with Crippen molar-refractivity contribution in [1.82, 2.24) is 4.98 Å². The van der Waals surface area contributed by atoms with Gasteiger partial charge in [-0.25, -0.2) is 0 Å². The third-order valence-corrected chi connectivity index (χ3v) is 4.36. The number of anilines is 1. The summed E-state index contributed by atoms with van der Waals surface area (Å²) in [5.41, 5.74) is 1.99. The molecule has 0 amide bonds. The van der Waals surface area contributed by atoms with Gasteiger partial charge in [0.05, 0.1) is 12.5 Å². The average molecular weight is 314 g/mol. The zero-order valence-electron chi connectivity index (χ0n) is 13.4. The van der Waals surface area contributed by atoms with Crippen molar-refractivity contribution in [3.8, 4) is 5.75 Å². The number of piperidine rings is 1. The summed E-state index contributed by atoms with van der Waals surface area (Å²) in [5, 5.41) is 10.2. The number of carbonyl (C=O) groups is 1. The van der Waals surface area contributed by atoms with Crippen molar-refractivity contribution < 1.29 is 14.6 Å². The Labute approximate surface area is 135 Å². The fraction of sp³-hybridized carbons (Fsp3) is 0.444. The number of pyridine rings is 1. The lowest BCUT2D eigenvalue weighted by atomic mass is 9.96. The molecule has 1 aliphatic heterocycles. The quantitative estimate of drug-likeness (QED) is 0.917. The molecule has 0 aliphatic carbocycles. The Morgan fingerprint density at radius 2 is 2.13 bits per heavy atom. The zero-order chi connectivity index (χ0) is 16.2. The van der Waals surface area contributed by atoms with Gasteiger partial charge in [-0.2, -0.15) is 0 Å². The number of rotatable bonds is 5. The zero-order valence-corrected chi connectivity index (χ0v) is 13.4. The fourth-order valence-corrected chi connectivity index (χ4v) is 3.11. The number of nitrogens with zero attached hydrogens (tertiary/aromatic N) is 2. The van der Waals surface area contributed by atoms with E-state index in [1.54, 1.807) is 6.20 Å². The third-order valence-electron chi connectivity index (χ3n) is 4.36. The number of benzene rings is 1. The van der Waals surface area contributed by atoms with Gasteiger partial charge in [0, 0.05) is 30.4 Å². The first-order chi connectivity index (χ1) is 11.2. The van der Waals surface area contributed by atoms with E-state index in [-0.39, 0.29) is 5.92 Å². The van der Waals surface area contributed by atoms with Crippen LogP contribution in [-0.4, -0.2) is 35.8 Å². The van der Waals surface area contributed by atoms with Crippen molar-refractivity contribution in [3.63, 3.8) is 0 Å². The van der Waals surface area contributed by atoms with Crippen LogP contribution in [0.15, 0.2) is 30.5 Å². The molecule has 0 unspecified atom stereocenters. The summed E-state index contributed by atoms with van der Waals surface area (Å²) in [4.78, 5) is 17.9. The second-order valence-electron chi connectivity index (χ2n) is 5.93. The van der Waals surface area contributed by atoms with Gasteiger partial charge in [-0.05, 0) is 31.4 Å². The number of para-hydroxylation sites is 1. The Hall–Kier alpha value is -2.30. The smallest absolute Gasteiger partial charge is 0.306 e. The lowest BCUT2D eigenvalue weighted by Gasteiger charge is -2.32. The van der Waals surface area contributed by atoms with Crippen LogP contribution in [0.2, 0.25) is 0 Å². The first-order valence-electron chi connectivity index (χ1n) is 8.19. The summed E-state index contributed by atoms with van der Waals surface area (Å²) in [6.07, 6.45) is 4.13. The Morgan fingerprint density at radius 1 is 1.35 bits per heavy atom. The van der Waals surface area contributed by atoms with E-state index in [0.717, 1.165) is 41.9 Å². The van der Waals surface area contributed by atoms with Gasteiger partial charge in [0.2, 0.25) is 0 Å². The van der Waals surface area contributed by atoms with Crippen molar-refractivity contribution in [2.24, 2.45) is 5.92 Å². The molecule has 122 valence electrons. The largest absolute Gasteiger partial charge is 0.491 e. The molecule has 0 radical (unpaired) electrons. The SMILES string of the molecule is CCCOc1cccc2c(N3CCC(C(=O)O)CC3)ccnc12. The van der Waals surface area contributed by atoms with Crippen LogP contribution in [0.4, 0.5) is 5.69 Å². The van der Waals surface area contributed by atoms with Crippen LogP contribution in [0.5, 0.6) is 5.75 Å². The molecule has 1 aromatic heterocycles. The molecule has 1 N–H and O–H groups in total. The highest BCUT2D eigenvalue weighted by molar-refractivity contribution is 5.95. The highest BCUT2D eigenvalue weighted by atomic mass is 16.5. The van der Waals surface area contributed by atoms with E-state index < -0.39 is 5.97 Å². The summed E-state index contributed by atoms with van der Waals surface area (Å²) >= 11 is 0. The van der Waals surface area contributed by atoms with Crippen LogP contribution in [0.3, 0.4) is 0 Å². The van der Waals surface area contributed by atoms with Gasteiger partial charge in [0.15, 0.2) is 0 Å². The lowest BCUT2D eigenvalue weighted by Crippen LogP contribution is -2.36. The van der Waals surface area contributed by atoms with Gasteiger partial charge in [-0.3, -0.25) is 9.78 Å². The van der Waals surface area contributed by atoms with Gasteiger partial charge < -0.3 is 14.7 Å². The summed E-state index contributed by atoms with van der Waals surface area (Å²) in [6, 6.07) is 8.00. The lowest BCUT2D eigenvalue weighted by molar-refractivity contribution is -0.142. The molecule has 0 bridgehead atoms. The molecule has 0 atom stereocenters. The number of carboxylic acids is 1. The molecule has 3 rings (SSSR count). The van der Waals surface area contributed by atoms with E-state index in [2.05, 4.69) is 22.9 Å². The number of ether oxygens (including phenoxy) is 1. The molecule has 23 heavy (non-hydrogen) atoms. The highest BCUT2D eigenvalue weighted by Gasteiger charge is 2.25. The average Bonchev–Trinajstić information content (AvgIpc) is 2.59. The maximum Gasteiger partial charge on any atom is 0.306 e. The first-order valence-corrected chi connectivity index (χ1v) is 8.19. The minimum Gasteiger partial charge on any atom is -0.491 e. The Morgan fingerprint density at radius 3 is 2.83 bits per heavy atom. The molecular weight excluding hydrogens is 292 g/mol. The number of hydrogen-bond donors (Lipinski definition) is 1. The topological polar surface area (TPSA) is 62.7 Å². The Balaban J connectivity index is 1.88. The number of aliphatic carboxylic acids is 1. The van der Waals surface area contributed by atoms with Crippen LogP contribution in [-0.2, 0) is 4.79 Å². The predicted octanol–water partition coefficient (Wildman–Crippen LogP) is 3.32. The van der Waals surface area contributed by atoms with Crippen molar-refractivity contribution in [2.45, 2.75) is 26.2 Å². The predicted molar refractivity (Wildman–Crippen MR) is 90.1 cm³/mol. The van der Waals surface area contributed by atoms with E-state index >= 15 is 0 Å². The van der Waals surface area contributed by atoms with E-state index in [0.29, 0.717) is 19.4 Å². The van der Waals surface area contributed by atoms with E-state index in [1.807, 2.05) is 18.2 Å².